The normalized spacial score (nSPS) is 13.4. The van der Waals surface area contributed by atoms with Gasteiger partial charge in [0.25, 0.3) is 0 Å². The van der Waals surface area contributed by atoms with Crippen LogP contribution >= 0.6 is 22.9 Å². The summed E-state index contributed by atoms with van der Waals surface area (Å²) in [5, 5.41) is 3.42. The van der Waals surface area contributed by atoms with E-state index in [1.165, 1.54) is 10.4 Å². The minimum Gasteiger partial charge on any atom is -0.486 e. The second kappa shape index (κ2) is 6.48. The maximum absolute atomic E-state index is 5.90. The quantitative estimate of drug-likeness (QED) is 0.857. The third-order valence-electron chi connectivity index (χ3n) is 3.13. The van der Waals surface area contributed by atoms with E-state index >= 15 is 0 Å². The second-order valence-corrected chi connectivity index (χ2v) is 6.41. The Balaban J connectivity index is 1.48. The van der Waals surface area contributed by atoms with Crippen molar-refractivity contribution in [1.82, 2.24) is 5.32 Å². The van der Waals surface area contributed by atoms with Crippen molar-refractivity contribution in [3.8, 4) is 11.5 Å². The van der Waals surface area contributed by atoms with Gasteiger partial charge in [-0.1, -0.05) is 17.7 Å². The van der Waals surface area contributed by atoms with Gasteiger partial charge in [0, 0.05) is 11.4 Å². The molecule has 1 aliphatic rings. The van der Waals surface area contributed by atoms with E-state index in [0.29, 0.717) is 13.2 Å². The van der Waals surface area contributed by atoms with Gasteiger partial charge in [0.05, 0.1) is 4.34 Å². The molecule has 1 N–H and O–H groups in total. The number of ether oxygens (including phenoxy) is 2. The number of rotatable bonds is 5. The molecule has 0 saturated carbocycles. The van der Waals surface area contributed by atoms with Crippen molar-refractivity contribution in [3.63, 3.8) is 0 Å². The van der Waals surface area contributed by atoms with Gasteiger partial charge in [-0.25, -0.2) is 0 Å². The highest BCUT2D eigenvalue weighted by atomic mass is 35.5. The Morgan fingerprint density at radius 1 is 1.10 bits per heavy atom. The SMILES string of the molecule is Clc1ccc(CNCCc2ccc3c(c2)OCCO3)s1. The highest BCUT2D eigenvalue weighted by Crippen LogP contribution is 2.30. The first-order valence-corrected chi connectivity index (χ1v) is 7.84. The number of nitrogens with one attached hydrogen (secondary N) is 1. The van der Waals surface area contributed by atoms with Crippen molar-refractivity contribution in [2.75, 3.05) is 19.8 Å². The fraction of sp³-hybridized carbons (Fsp3) is 0.333. The molecule has 2 aromatic rings. The summed E-state index contributed by atoms with van der Waals surface area (Å²) in [6.45, 7) is 3.06. The van der Waals surface area contributed by atoms with Crippen LogP contribution in [0.2, 0.25) is 4.34 Å². The van der Waals surface area contributed by atoms with Gasteiger partial charge >= 0.3 is 0 Å². The molecule has 0 bridgehead atoms. The molecule has 1 aliphatic heterocycles. The van der Waals surface area contributed by atoms with Crippen molar-refractivity contribution in [2.24, 2.45) is 0 Å². The molecule has 1 aromatic carbocycles. The van der Waals surface area contributed by atoms with Crippen molar-refractivity contribution in [3.05, 3.63) is 45.1 Å². The first-order chi connectivity index (χ1) is 9.81. The smallest absolute Gasteiger partial charge is 0.161 e. The molecular weight excluding hydrogens is 294 g/mol. The Bertz CT molecular complexity index is 585. The Hall–Kier alpha value is -1.23. The van der Waals surface area contributed by atoms with Crippen LogP contribution in [0.4, 0.5) is 0 Å². The van der Waals surface area contributed by atoms with E-state index in [2.05, 4.69) is 23.5 Å². The first kappa shape index (κ1) is 13.7. The summed E-state index contributed by atoms with van der Waals surface area (Å²) in [4.78, 5) is 1.26. The summed E-state index contributed by atoms with van der Waals surface area (Å²) < 4.78 is 11.9. The van der Waals surface area contributed by atoms with Crippen molar-refractivity contribution in [2.45, 2.75) is 13.0 Å². The molecule has 3 rings (SSSR count). The van der Waals surface area contributed by atoms with Crippen LogP contribution in [0.3, 0.4) is 0 Å². The van der Waals surface area contributed by atoms with E-state index in [0.717, 1.165) is 35.3 Å². The molecular formula is C15H16ClNO2S. The third kappa shape index (κ3) is 3.45. The number of thiophene rings is 1. The molecule has 3 nitrogen and oxygen atoms in total. The lowest BCUT2D eigenvalue weighted by Crippen LogP contribution is -2.17. The predicted molar refractivity (Wildman–Crippen MR) is 82.2 cm³/mol. The largest absolute Gasteiger partial charge is 0.486 e. The number of hydrogen-bond donors (Lipinski definition) is 1. The lowest BCUT2D eigenvalue weighted by Gasteiger charge is -2.18. The first-order valence-electron chi connectivity index (χ1n) is 6.65. The van der Waals surface area contributed by atoms with Gasteiger partial charge in [-0.2, -0.15) is 0 Å². The van der Waals surface area contributed by atoms with Gasteiger partial charge in [0.15, 0.2) is 11.5 Å². The number of hydrogen-bond acceptors (Lipinski definition) is 4. The number of halogens is 1. The fourth-order valence-electron chi connectivity index (χ4n) is 2.13. The van der Waals surface area contributed by atoms with Crippen LogP contribution < -0.4 is 14.8 Å². The number of fused-ring (bicyclic) bond motifs is 1. The topological polar surface area (TPSA) is 30.5 Å². The van der Waals surface area contributed by atoms with E-state index in [1.807, 2.05) is 12.1 Å². The highest BCUT2D eigenvalue weighted by Gasteiger charge is 2.11. The minimum absolute atomic E-state index is 0.633. The summed E-state index contributed by atoms with van der Waals surface area (Å²) >= 11 is 7.52. The highest BCUT2D eigenvalue weighted by molar-refractivity contribution is 7.16. The molecule has 0 spiro atoms. The maximum Gasteiger partial charge on any atom is 0.161 e. The zero-order valence-corrected chi connectivity index (χ0v) is 12.6. The van der Waals surface area contributed by atoms with Gasteiger partial charge in [-0.15, -0.1) is 11.3 Å². The van der Waals surface area contributed by atoms with Gasteiger partial charge in [0.1, 0.15) is 13.2 Å². The molecule has 20 heavy (non-hydrogen) atoms. The van der Waals surface area contributed by atoms with Crippen molar-refractivity contribution < 1.29 is 9.47 Å². The summed E-state index contributed by atoms with van der Waals surface area (Å²) in [7, 11) is 0. The standard InChI is InChI=1S/C15H16ClNO2S/c16-15-4-2-12(20-15)10-17-6-5-11-1-3-13-14(9-11)19-8-7-18-13/h1-4,9,17H,5-8,10H2. The van der Waals surface area contributed by atoms with Crippen LogP contribution in [0, 0.1) is 0 Å². The minimum atomic E-state index is 0.633. The van der Waals surface area contributed by atoms with Crippen LogP contribution in [0.1, 0.15) is 10.4 Å². The Morgan fingerprint density at radius 2 is 1.95 bits per heavy atom. The molecule has 2 heterocycles. The van der Waals surface area contributed by atoms with Gasteiger partial charge < -0.3 is 14.8 Å². The summed E-state index contributed by atoms with van der Waals surface area (Å²) in [6, 6.07) is 10.1. The van der Waals surface area contributed by atoms with Crippen molar-refractivity contribution >= 4 is 22.9 Å². The van der Waals surface area contributed by atoms with Crippen LogP contribution in [0.15, 0.2) is 30.3 Å². The van der Waals surface area contributed by atoms with E-state index in [-0.39, 0.29) is 0 Å². The van der Waals surface area contributed by atoms with E-state index in [1.54, 1.807) is 11.3 Å². The molecule has 0 radical (unpaired) electrons. The van der Waals surface area contributed by atoms with Crippen LogP contribution in [-0.2, 0) is 13.0 Å². The third-order valence-corrected chi connectivity index (χ3v) is 4.36. The monoisotopic (exact) mass is 309 g/mol. The molecule has 106 valence electrons. The molecule has 0 saturated heterocycles. The summed E-state index contributed by atoms with van der Waals surface area (Å²) in [5.74, 6) is 1.71. The molecule has 0 unspecified atom stereocenters. The van der Waals surface area contributed by atoms with E-state index in [4.69, 9.17) is 21.1 Å². The van der Waals surface area contributed by atoms with E-state index < -0.39 is 0 Å². The lowest BCUT2D eigenvalue weighted by atomic mass is 10.1. The van der Waals surface area contributed by atoms with Crippen LogP contribution in [0.25, 0.3) is 0 Å². The summed E-state index contributed by atoms with van der Waals surface area (Å²) in [6.07, 6.45) is 0.968. The van der Waals surface area contributed by atoms with Gasteiger partial charge in [-0.3, -0.25) is 0 Å². The molecule has 1 aromatic heterocycles. The fourth-order valence-corrected chi connectivity index (χ4v) is 3.19. The average molecular weight is 310 g/mol. The maximum atomic E-state index is 5.90. The van der Waals surface area contributed by atoms with Crippen LogP contribution in [-0.4, -0.2) is 19.8 Å². The Kier molecular flexibility index (Phi) is 4.45. The average Bonchev–Trinajstić information content (AvgIpc) is 2.89. The van der Waals surface area contributed by atoms with Crippen LogP contribution in [0.5, 0.6) is 11.5 Å². The Morgan fingerprint density at radius 3 is 2.75 bits per heavy atom. The molecule has 0 atom stereocenters. The van der Waals surface area contributed by atoms with E-state index in [9.17, 15) is 0 Å². The number of benzene rings is 1. The molecule has 0 aliphatic carbocycles. The summed E-state index contributed by atoms with van der Waals surface area (Å²) in [5.41, 5.74) is 1.26. The Labute approximate surface area is 127 Å². The van der Waals surface area contributed by atoms with Gasteiger partial charge in [0.2, 0.25) is 0 Å². The van der Waals surface area contributed by atoms with Crippen molar-refractivity contribution in [1.29, 1.82) is 0 Å². The molecule has 0 amide bonds. The molecule has 5 heteroatoms. The predicted octanol–water partition coefficient (Wildman–Crippen LogP) is 3.51. The van der Waals surface area contributed by atoms with Gasteiger partial charge in [-0.05, 0) is 42.8 Å². The second-order valence-electron chi connectivity index (χ2n) is 4.61. The zero-order valence-electron chi connectivity index (χ0n) is 11.0. The zero-order chi connectivity index (χ0) is 13.8. The lowest BCUT2D eigenvalue weighted by molar-refractivity contribution is 0.171. The molecule has 0 fully saturated rings.